The van der Waals surface area contributed by atoms with Gasteiger partial charge in [-0.05, 0) is 50.6 Å². The summed E-state index contributed by atoms with van der Waals surface area (Å²) in [4.78, 5) is 29.9. The van der Waals surface area contributed by atoms with Gasteiger partial charge in [0.15, 0.2) is 5.78 Å². The minimum Gasteiger partial charge on any atom is -0.355 e. The van der Waals surface area contributed by atoms with Gasteiger partial charge in [-0.15, -0.1) is 0 Å². The monoisotopic (exact) mass is 283 g/mol. The number of aryl methyl sites for hydroxylation is 1. The molecule has 0 fully saturated rings. The number of ketones is 1. The number of rotatable bonds is 4. The first-order valence-corrected chi connectivity index (χ1v) is 6.57. The smallest absolute Gasteiger partial charge is 0.271 e. The Balaban J connectivity index is 2.45. The minimum absolute atomic E-state index is 0.0714. The number of allylic oxidation sites excluding steroid dienone is 2. The Hall–Kier alpha value is -2.69. The summed E-state index contributed by atoms with van der Waals surface area (Å²) >= 11 is 0. The number of pyridine rings is 2. The first kappa shape index (κ1) is 14.7. The molecule has 108 valence electrons. The highest BCUT2D eigenvalue weighted by Gasteiger charge is 2.08. The second-order valence-corrected chi connectivity index (χ2v) is 4.85. The average molecular weight is 283 g/mol. The first-order valence-electron chi connectivity index (χ1n) is 6.57. The number of hydrogen-bond acceptors (Lipinski definition) is 4. The van der Waals surface area contributed by atoms with Crippen molar-refractivity contribution < 1.29 is 4.79 Å². The average Bonchev–Trinajstić information content (AvgIpc) is 2.42. The van der Waals surface area contributed by atoms with Gasteiger partial charge in [0.1, 0.15) is 5.69 Å². The normalized spacial score (nSPS) is 11.3. The van der Waals surface area contributed by atoms with E-state index < -0.39 is 0 Å². The Bertz CT molecular complexity index is 746. The maximum atomic E-state index is 12.0. The van der Waals surface area contributed by atoms with Crippen molar-refractivity contribution in [3.63, 3.8) is 0 Å². The van der Waals surface area contributed by atoms with Crippen LogP contribution in [0.25, 0.3) is 11.1 Å². The van der Waals surface area contributed by atoms with Crippen molar-refractivity contribution in [1.82, 2.24) is 9.97 Å². The summed E-state index contributed by atoms with van der Waals surface area (Å²) in [5.41, 5.74) is 3.47. The Morgan fingerprint density at radius 2 is 1.95 bits per heavy atom. The van der Waals surface area contributed by atoms with Gasteiger partial charge in [0.2, 0.25) is 0 Å². The van der Waals surface area contributed by atoms with Crippen LogP contribution in [-0.4, -0.2) is 15.8 Å². The number of nitrogens with zero attached hydrogens (tertiary/aromatic N) is 1. The van der Waals surface area contributed by atoms with Crippen molar-refractivity contribution in [2.45, 2.75) is 20.8 Å². The van der Waals surface area contributed by atoms with Gasteiger partial charge in [-0.3, -0.25) is 14.6 Å². The fourth-order valence-electron chi connectivity index (χ4n) is 2.10. The molecule has 21 heavy (non-hydrogen) atoms. The second kappa shape index (κ2) is 6.17. The summed E-state index contributed by atoms with van der Waals surface area (Å²) in [6.07, 6.45) is 4.85. The largest absolute Gasteiger partial charge is 0.355 e. The van der Waals surface area contributed by atoms with E-state index in [1.54, 1.807) is 25.4 Å². The molecule has 0 aliphatic rings. The molecule has 2 rings (SSSR count). The van der Waals surface area contributed by atoms with Crippen LogP contribution < -0.4 is 10.9 Å². The molecular weight excluding hydrogens is 266 g/mol. The molecule has 0 saturated heterocycles. The van der Waals surface area contributed by atoms with Crippen molar-refractivity contribution in [2.24, 2.45) is 0 Å². The molecule has 0 amide bonds. The standard InChI is InChI=1S/C16H17N3O2/c1-10(8-11(2)20)18-15-9-14(12(3)19-16(15)21)13-4-6-17-7-5-13/h4-9,18H,1-3H3,(H,19,21)/b10-8+. The maximum absolute atomic E-state index is 12.0. The quantitative estimate of drug-likeness (QED) is 0.846. The lowest BCUT2D eigenvalue weighted by Gasteiger charge is -2.10. The predicted molar refractivity (Wildman–Crippen MR) is 83.1 cm³/mol. The van der Waals surface area contributed by atoms with Crippen LogP contribution in [0, 0.1) is 6.92 Å². The van der Waals surface area contributed by atoms with Crippen molar-refractivity contribution in [3.05, 3.63) is 58.4 Å². The molecular formula is C16H17N3O2. The van der Waals surface area contributed by atoms with Gasteiger partial charge in [0, 0.05) is 29.3 Å². The van der Waals surface area contributed by atoms with Crippen LogP contribution in [0.2, 0.25) is 0 Å². The van der Waals surface area contributed by atoms with Gasteiger partial charge in [-0.25, -0.2) is 0 Å². The van der Waals surface area contributed by atoms with Crippen LogP contribution >= 0.6 is 0 Å². The molecule has 2 N–H and O–H groups in total. The van der Waals surface area contributed by atoms with Crippen LogP contribution in [0.5, 0.6) is 0 Å². The zero-order chi connectivity index (χ0) is 15.4. The highest BCUT2D eigenvalue weighted by Crippen LogP contribution is 2.22. The molecule has 0 aliphatic heterocycles. The van der Waals surface area contributed by atoms with E-state index >= 15 is 0 Å². The fourth-order valence-corrected chi connectivity index (χ4v) is 2.10. The van der Waals surface area contributed by atoms with E-state index in [4.69, 9.17) is 0 Å². The van der Waals surface area contributed by atoms with Gasteiger partial charge in [-0.1, -0.05) is 0 Å². The fraction of sp³-hybridized carbons (Fsp3) is 0.188. The summed E-state index contributed by atoms with van der Waals surface area (Å²) in [6, 6.07) is 5.53. The summed E-state index contributed by atoms with van der Waals surface area (Å²) in [7, 11) is 0. The number of nitrogens with one attached hydrogen (secondary N) is 2. The molecule has 5 heteroatoms. The predicted octanol–water partition coefficient (Wildman–Crippen LogP) is 2.65. The molecule has 0 unspecified atom stereocenters. The van der Waals surface area contributed by atoms with E-state index in [2.05, 4.69) is 15.3 Å². The Labute approximate surface area is 122 Å². The zero-order valence-corrected chi connectivity index (χ0v) is 12.2. The molecule has 0 spiro atoms. The van der Waals surface area contributed by atoms with Gasteiger partial charge < -0.3 is 10.3 Å². The third-order valence-corrected chi connectivity index (χ3v) is 2.98. The molecule has 0 aliphatic carbocycles. The van der Waals surface area contributed by atoms with Crippen molar-refractivity contribution in [3.8, 4) is 11.1 Å². The van der Waals surface area contributed by atoms with Crippen LogP contribution in [0.15, 0.2) is 47.2 Å². The lowest BCUT2D eigenvalue weighted by molar-refractivity contribution is -0.112. The number of hydrogen-bond donors (Lipinski definition) is 2. The number of aromatic nitrogens is 2. The van der Waals surface area contributed by atoms with E-state index in [0.717, 1.165) is 16.8 Å². The van der Waals surface area contributed by atoms with E-state index in [0.29, 0.717) is 11.4 Å². The maximum Gasteiger partial charge on any atom is 0.271 e. The van der Waals surface area contributed by atoms with Crippen LogP contribution in [-0.2, 0) is 4.79 Å². The third kappa shape index (κ3) is 3.66. The van der Waals surface area contributed by atoms with Crippen LogP contribution in [0.3, 0.4) is 0 Å². The number of carbonyl (C=O) groups excluding carboxylic acids is 1. The van der Waals surface area contributed by atoms with Gasteiger partial charge in [0.25, 0.3) is 5.56 Å². The summed E-state index contributed by atoms with van der Waals surface area (Å²) in [5.74, 6) is -0.0714. The highest BCUT2D eigenvalue weighted by atomic mass is 16.1. The molecule has 5 nitrogen and oxygen atoms in total. The SMILES string of the molecule is CC(=O)/C=C(\C)Nc1cc(-c2ccncc2)c(C)[nH]c1=O. The van der Waals surface area contributed by atoms with E-state index in [-0.39, 0.29) is 11.3 Å². The van der Waals surface area contributed by atoms with Gasteiger partial charge in [-0.2, -0.15) is 0 Å². The summed E-state index contributed by atoms with van der Waals surface area (Å²) < 4.78 is 0. The molecule has 0 radical (unpaired) electrons. The van der Waals surface area contributed by atoms with E-state index in [9.17, 15) is 9.59 Å². The Morgan fingerprint density at radius 3 is 2.57 bits per heavy atom. The lowest BCUT2D eigenvalue weighted by Crippen LogP contribution is -2.15. The molecule has 0 atom stereocenters. The molecule has 0 bridgehead atoms. The van der Waals surface area contributed by atoms with Crippen molar-refractivity contribution in [2.75, 3.05) is 5.32 Å². The van der Waals surface area contributed by atoms with Crippen LogP contribution in [0.1, 0.15) is 19.5 Å². The van der Waals surface area contributed by atoms with E-state index in [1.165, 1.54) is 13.0 Å². The van der Waals surface area contributed by atoms with E-state index in [1.807, 2.05) is 19.1 Å². The molecule has 2 heterocycles. The lowest BCUT2D eigenvalue weighted by atomic mass is 10.1. The van der Waals surface area contributed by atoms with Crippen LogP contribution in [0.4, 0.5) is 5.69 Å². The van der Waals surface area contributed by atoms with Gasteiger partial charge >= 0.3 is 0 Å². The van der Waals surface area contributed by atoms with Crippen molar-refractivity contribution in [1.29, 1.82) is 0 Å². The second-order valence-electron chi connectivity index (χ2n) is 4.85. The molecule has 0 saturated carbocycles. The minimum atomic E-state index is -0.221. The Morgan fingerprint density at radius 1 is 1.29 bits per heavy atom. The summed E-state index contributed by atoms with van der Waals surface area (Å²) in [6.45, 7) is 5.05. The van der Waals surface area contributed by atoms with Crippen molar-refractivity contribution >= 4 is 11.5 Å². The highest BCUT2D eigenvalue weighted by molar-refractivity contribution is 5.88. The number of carbonyl (C=O) groups is 1. The number of anilines is 1. The summed E-state index contributed by atoms with van der Waals surface area (Å²) in [5, 5.41) is 2.96. The first-order chi connectivity index (χ1) is 9.97. The number of aromatic amines is 1. The molecule has 0 aromatic carbocycles. The Kier molecular flexibility index (Phi) is 4.33. The topological polar surface area (TPSA) is 74.8 Å². The number of H-pyrrole nitrogens is 1. The molecule has 2 aromatic heterocycles. The van der Waals surface area contributed by atoms with Gasteiger partial charge in [0.05, 0.1) is 0 Å². The molecule has 2 aromatic rings. The zero-order valence-electron chi connectivity index (χ0n) is 12.2. The third-order valence-electron chi connectivity index (χ3n) is 2.98.